The second-order valence-corrected chi connectivity index (χ2v) is 9.01. The largest absolute Gasteiger partial charge is 0.494 e. The van der Waals surface area contributed by atoms with Crippen LogP contribution in [-0.4, -0.2) is 20.9 Å². The maximum Gasteiger partial charge on any atom is 0.159 e. The summed E-state index contributed by atoms with van der Waals surface area (Å²) < 4.78 is 11.7. The zero-order valence-corrected chi connectivity index (χ0v) is 17.8. The van der Waals surface area contributed by atoms with Crippen LogP contribution >= 0.6 is 0 Å². The Morgan fingerprint density at radius 1 is 1.10 bits per heavy atom. The molecule has 0 amide bonds. The van der Waals surface area contributed by atoms with Crippen LogP contribution in [0.15, 0.2) is 24.3 Å². The van der Waals surface area contributed by atoms with Gasteiger partial charge in [0.1, 0.15) is 11.5 Å². The van der Waals surface area contributed by atoms with Gasteiger partial charge in [-0.15, -0.1) is 0 Å². The van der Waals surface area contributed by atoms with Crippen molar-refractivity contribution >= 4 is 11.4 Å². The van der Waals surface area contributed by atoms with Gasteiger partial charge in [-0.05, 0) is 96.7 Å². The molecule has 2 N–H and O–H groups in total. The van der Waals surface area contributed by atoms with Gasteiger partial charge in [-0.3, -0.25) is 0 Å². The standard InChI is InChI=1S/C25H32N2O2/c1-15-4-5-19-12-24-23(27-14-29-24)13-20(19)17-7-6-16(15)11-21-18(10-17)8-9-22(26-2)25(21)28-3/h8-9,12-13,15-17,26-27H,4-7,10-11,14H2,1-3H3. The summed E-state index contributed by atoms with van der Waals surface area (Å²) in [6, 6.07) is 9.21. The van der Waals surface area contributed by atoms with E-state index in [1.807, 2.05) is 14.2 Å². The lowest BCUT2D eigenvalue weighted by molar-refractivity contribution is 0.295. The van der Waals surface area contributed by atoms with E-state index in [-0.39, 0.29) is 0 Å². The van der Waals surface area contributed by atoms with Gasteiger partial charge in [-0.2, -0.15) is 0 Å². The van der Waals surface area contributed by atoms with E-state index in [0.29, 0.717) is 24.5 Å². The Morgan fingerprint density at radius 3 is 2.83 bits per heavy atom. The highest BCUT2D eigenvalue weighted by atomic mass is 16.5. The van der Waals surface area contributed by atoms with Crippen molar-refractivity contribution in [3.63, 3.8) is 0 Å². The molecule has 4 nitrogen and oxygen atoms in total. The molecule has 1 aliphatic heterocycles. The molecule has 0 fully saturated rings. The van der Waals surface area contributed by atoms with E-state index in [4.69, 9.17) is 9.47 Å². The number of ether oxygens (including phenoxy) is 2. The first-order valence-electron chi connectivity index (χ1n) is 11.1. The predicted octanol–water partition coefficient (Wildman–Crippen LogP) is 5.36. The first kappa shape index (κ1) is 18.7. The minimum Gasteiger partial charge on any atom is -0.494 e. The van der Waals surface area contributed by atoms with Gasteiger partial charge in [-0.1, -0.05) is 13.0 Å². The number of anilines is 2. The molecule has 154 valence electrons. The summed E-state index contributed by atoms with van der Waals surface area (Å²) >= 11 is 0. The molecule has 4 heteroatoms. The smallest absolute Gasteiger partial charge is 0.159 e. The van der Waals surface area contributed by atoms with Crippen molar-refractivity contribution in [2.75, 3.05) is 31.5 Å². The van der Waals surface area contributed by atoms with Crippen molar-refractivity contribution in [2.45, 2.75) is 51.4 Å². The number of rotatable bonds is 2. The molecular formula is C25H32N2O2. The van der Waals surface area contributed by atoms with Crippen molar-refractivity contribution in [1.82, 2.24) is 0 Å². The molecule has 3 atom stereocenters. The van der Waals surface area contributed by atoms with Gasteiger partial charge < -0.3 is 20.1 Å². The normalized spacial score (nSPS) is 25.0. The van der Waals surface area contributed by atoms with Crippen LogP contribution in [-0.2, 0) is 19.3 Å². The number of benzene rings is 2. The molecule has 1 heterocycles. The van der Waals surface area contributed by atoms with E-state index >= 15 is 0 Å². The van der Waals surface area contributed by atoms with Gasteiger partial charge in [0, 0.05) is 7.05 Å². The lowest BCUT2D eigenvalue weighted by Gasteiger charge is -2.31. The third kappa shape index (κ3) is 3.23. The Bertz CT molecular complexity index is 924. The highest BCUT2D eigenvalue weighted by Gasteiger charge is 2.31. The Labute approximate surface area is 174 Å². The molecule has 0 aromatic heterocycles. The van der Waals surface area contributed by atoms with Crippen LogP contribution in [0.3, 0.4) is 0 Å². The monoisotopic (exact) mass is 392 g/mol. The van der Waals surface area contributed by atoms with Gasteiger partial charge >= 0.3 is 0 Å². The molecule has 2 aliphatic carbocycles. The summed E-state index contributed by atoms with van der Waals surface area (Å²) in [6.07, 6.45) is 7.15. The van der Waals surface area contributed by atoms with E-state index in [9.17, 15) is 0 Å². The number of aryl methyl sites for hydroxylation is 1. The van der Waals surface area contributed by atoms with Gasteiger partial charge in [0.25, 0.3) is 0 Å². The van der Waals surface area contributed by atoms with E-state index in [0.717, 1.165) is 42.1 Å². The molecule has 2 aromatic rings. The zero-order chi connectivity index (χ0) is 20.0. The molecule has 3 aliphatic rings. The second-order valence-electron chi connectivity index (χ2n) is 9.01. The van der Waals surface area contributed by atoms with Crippen molar-refractivity contribution in [3.8, 4) is 11.5 Å². The number of nitrogens with one attached hydrogen (secondary N) is 2. The molecule has 3 unspecified atom stereocenters. The summed E-state index contributed by atoms with van der Waals surface area (Å²) in [5.41, 5.74) is 8.17. The topological polar surface area (TPSA) is 42.5 Å². The first-order valence-corrected chi connectivity index (χ1v) is 11.1. The zero-order valence-electron chi connectivity index (χ0n) is 17.8. The van der Waals surface area contributed by atoms with Gasteiger partial charge in [0.2, 0.25) is 0 Å². The van der Waals surface area contributed by atoms with E-state index in [1.165, 1.54) is 41.5 Å². The van der Waals surface area contributed by atoms with Crippen molar-refractivity contribution in [3.05, 3.63) is 46.5 Å². The highest BCUT2D eigenvalue weighted by molar-refractivity contribution is 5.65. The van der Waals surface area contributed by atoms with Crippen LogP contribution in [0.2, 0.25) is 0 Å². The Balaban J connectivity index is 1.65. The fourth-order valence-electron chi connectivity index (χ4n) is 5.72. The van der Waals surface area contributed by atoms with Crippen LogP contribution in [0.4, 0.5) is 11.4 Å². The van der Waals surface area contributed by atoms with Crippen LogP contribution in [0.1, 0.15) is 54.4 Å². The van der Waals surface area contributed by atoms with Crippen molar-refractivity contribution in [1.29, 1.82) is 0 Å². The molecule has 0 spiro atoms. The molecule has 0 radical (unpaired) electrons. The number of methoxy groups -OCH3 is 1. The number of hydrogen-bond acceptors (Lipinski definition) is 4. The molecule has 5 rings (SSSR count). The molecular weight excluding hydrogens is 360 g/mol. The first-order chi connectivity index (χ1) is 14.2. The average Bonchev–Trinajstić information content (AvgIpc) is 3.19. The van der Waals surface area contributed by atoms with Crippen molar-refractivity contribution in [2.24, 2.45) is 11.8 Å². The lowest BCUT2D eigenvalue weighted by atomic mass is 9.75. The molecule has 0 saturated carbocycles. The van der Waals surface area contributed by atoms with E-state index in [2.05, 4.69) is 41.8 Å². The van der Waals surface area contributed by atoms with Crippen LogP contribution < -0.4 is 20.1 Å². The van der Waals surface area contributed by atoms with Gasteiger partial charge in [0.15, 0.2) is 6.73 Å². The number of fused-ring (bicyclic) bond motifs is 7. The third-order valence-electron chi connectivity index (χ3n) is 7.49. The SMILES string of the molecule is CNc1ccc2c(c1OC)CC1CCC(C2)c2cc3c(cc2CCC1C)OCN3. The Morgan fingerprint density at radius 2 is 2.00 bits per heavy atom. The van der Waals surface area contributed by atoms with Crippen LogP contribution in [0.5, 0.6) is 11.5 Å². The summed E-state index contributed by atoms with van der Waals surface area (Å²) in [5.74, 6) is 4.03. The summed E-state index contributed by atoms with van der Waals surface area (Å²) in [6.45, 7) is 3.04. The third-order valence-corrected chi connectivity index (χ3v) is 7.49. The Hall–Kier alpha value is -2.36. The van der Waals surface area contributed by atoms with Gasteiger partial charge in [-0.25, -0.2) is 0 Å². The molecule has 2 bridgehead atoms. The quantitative estimate of drug-likeness (QED) is 0.722. The van der Waals surface area contributed by atoms with Crippen LogP contribution in [0.25, 0.3) is 0 Å². The maximum atomic E-state index is 5.92. The fourth-order valence-corrected chi connectivity index (χ4v) is 5.72. The summed E-state index contributed by atoms with van der Waals surface area (Å²) in [4.78, 5) is 0. The molecule has 0 saturated heterocycles. The number of hydrogen-bond donors (Lipinski definition) is 2. The lowest BCUT2D eigenvalue weighted by Crippen LogP contribution is -2.20. The highest BCUT2D eigenvalue weighted by Crippen LogP contribution is 2.45. The van der Waals surface area contributed by atoms with Crippen LogP contribution in [0, 0.1) is 11.8 Å². The Kier molecular flexibility index (Phi) is 4.81. The second kappa shape index (κ2) is 7.47. The van der Waals surface area contributed by atoms with E-state index < -0.39 is 0 Å². The molecule has 2 aromatic carbocycles. The summed E-state index contributed by atoms with van der Waals surface area (Å²) in [7, 11) is 3.80. The maximum absolute atomic E-state index is 5.92. The van der Waals surface area contributed by atoms with Crippen molar-refractivity contribution < 1.29 is 9.47 Å². The molecule has 29 heavy (non-hydrogen) atoms. The fraction of sp³-hybridized carbons (Fsp3) is 0.520. The average molecular weight is 393 g/mol. The minimum atomic E-state index is 0.551. The minimum absolute atomic E-state index is 0.551. The van der Waals surface area contributed by atoms with Gasteiger partial charge in [0.05, 0.1) is 18.5 Å². The predicted molar refractivity (Wildman–Crippen MR) is 118 cm³/mol. The van der Waals surface area contributed by atoms with E-state index in [1.54, 1.807) is 0 Å². The summed E-state index contributed by atoms with van der Waals surface area (Å²) in [5, 5.41) is 6.72.